The van der Waals surface area contributed by atoms with Gasteiger partial charge in [0.15, 0.2) is 9.84 Å². The highest BCUT2D eigenvalue weighted by atomic mass is 32.2. The molecular formula is C10H20N2O4S. The van der Waals surface area contributed by atoms with Crippen molar-refractivity contribution in [2.75, 3.05) is 25.2 Å². The minimum Gasteiger partial charge on any atom is -0.385 e. The van der Waals surface area contributed by atoms with Gasteiger partial charge in [0.1, 0.15) is 0 Å². The Bertz CT molecular complexity index is 355. The number of nitrogens with one attached hydrogen (secondary N) is 1. The zero-order valence-corrected chi connectivity index (χ0v) is 10.8. The Labute approximate surface area is 102 Å². The molecule has 0 saturated carbocycles. The number of amides is 1. The second-order valence-electron chi connectivity index (χ2n) is 4.35. The van der Waals surface area contributed by atoms with Crippen LogP contribution in [0.25, 0.3) is 0 Å². The van der Waals surface area contributed by atoms with Gasteiger partial charge in [-0.05, 0) is 19.3 Å². The van der Waals surface area contributed by atoms with Crippen LogP contribution in [-0.2, 0) is 19.4 Å². The molecule has 0 radical (unpaired) electrons. The topological polar surface area (TPSA) is 98.5 Å². The van der Waals surface area contributed by atoms with Crippen molar-refractivity contribution in [3.8, 4) is 0 Å². The molecule has 1 aliphatic rings. The van der Waals surface area contributed by atoms with Crippen LogP contribution in [0.2, 0.25) is 0 Å². The fraction of sp³-hybridized carbons (Fsp3) is 0.900. The van der Waals surface area contributed by atoms with Gasteiger partial charge in [0.2, 0.25) is 5.91 Å². The van der Waals surface area contributed by atoms with Crippen molar-refractivity contribution in [1.82, 2.24) is 5.32 Å². The standard InChI is InChI=1S/C10H20N2O4S/c1-16-5-2-3-9(11)10(13)12-8-4-6-17(14,15)7-8/h8-9H,2-7,11H2,1H3,(H,12,13). The molecule has 100 valence electrons. The quantitative estimate of drug-likeness (QED) is 0.602. The lowest BCUT2D eigenvalue weighted by Crippen LogP contribution is -2.45. The van der Waals surface area contributed by atoms with E-state index in [9.17, 15) is 13.2 Å². The first-order valence-corrected chi connectivity index (χ1v) is 7.52. The predicted octanol–water partition coefficient (Wildman–Crippen LogP) is -0.956. The van der Waals surface area contributed by atoms with Crippen molar-refractivity contribution in [3.63, 3.8) is 0 Å². The summed E-state index contributed by atoms with van der Waals surface area (Å²) in [5.74, 6) is -0.0939. The van der Waals surface area contributed by atoms with E-state index in [0.29, 0.717) is 25.9 Å². The molecule has 1 fully saturated rings. The summed E-state index contributed by atoms with van der Waals surface area (Å²) in [6.07, 6.45) is 1.74. The van der Waals surface area contributed by atoms with Crippen molar-refractivity contribution < 1.29 is 17.9 Å². The highest BCUT2D eigenvalue weighted by molar-refractivity contribution is 7.91. The van der Waals surface area contributed by atoms with Crippen LogP contribution in [0.5, 0.6) is 0 Å². The third-order valence-electron chi connectivity index (χ3n) is 2.78. The summed E-state index contributed by atoms with van der Waals surface area (Å²) >= 11 is 0. The number of nitrogens with two attached hydrogens (primary N) is 1. The molecule has 1 aliphatic heterocycles. The molecule has 0 aliphatic carbocycles. The molecule has 0 aromatic rings. The van der Waals surface area contributed by atoms with Gasteiger partial charge in [-0.25, -0.2) is 8.42 Å². The number of hydrogen-bond acceptors (Lipinski definition) is 5. The lowest BCUT2D eigenvalue weighted by molar-refractivity contribution is -0.123. The predicted molar refractivity (Wildman–Crippen MR) is 64.3 cm³/mol. The first kappa shape index (κ1) is 14.4. The first-order chi connectivity index (χ1) is 7.94. The third-order valence-corrected chi connectivity index (χ3v) is 4.55. The number of carbonyl (C=O) groups is 1. The van der Waals surface area contributed by atoms with Gasteiger partial charge >= 0.3 is 0 Å². The fourth-order valence-corrected chi connectivity index (χ4v) is 3.47. The third kappa shape index (κ3) is 5.01. The summed E-state index contributed by atoms with van der Waals surface area (Å²) < 4.78 is 27.3. The first-order valence-electron chi connectivity index (χ1n) is 5.70. The summed E-state index contributed by atoms with van der Waals surface area (Å²) in [6, 6.07) is -0.866. The van der Waals surface area contributed by atoms with Crippen molar-refractivity contribution in [3.05, 3.63) is 0 Å². The molecule has 0 spiro atoms. The van der Waals surface area contributed by atoms with Crippen LogP contribution in [0.15, 0.2) is 0 Å². The molecule has 1 saturated heterocycles. The van der Waals surface area contributed by atoms with Crippen molar-refractivity contribution in [2.24, 2.45) is 5.73 Å². The van der Waals surface area contributed by atoms with Crippen molar-refractivity contribution >= 4 is 15.7 Å². The molecule has 2 atom stereocenters. The molecule has 3 N–H and O–H groups in total. The molecule has 1 amide bonds. The van der Waals surface area contributed by atoms with Gasteiger partial charge in [-0.2, -0.15) is 0 Å². The lowest BCUT2D eigenvalue weighted by atomic mass is 10.1. The van der Waals surface area contributed by atoms with Crippen LogP contribution in [0, 0.1) is 0 Å². The van der Waals surface area contributed by atoms with Crippen LogP contribution in [0.4, 0.5) is 0 Å². The van der Waals surface area contributed by atoms with Gasteiger partial charge < -0.3 is 15.8 Å². The number of methoxy groups -OCH3 is 1. The molecular weight excluding hydrogens is 244 g/mol. The number of ether oxygens (including phenoxy) is 1. The normalized spacial score (nSPS) is 24.5. The van der Waals surface area contributed by atoms with E-state index in [2.05, 4.69) is 5.32 Å². The molecule has 0 bridgehead atoms. The summed E-state index contributed by atoms with van der Waals surface area (Å²) in [5.41, 5.74) is 5.69. The van der Waals surface area contributed by atoms with Gasteiger partial charge in [0.25, 0.3) is 0 Å². The van der Waals surface area contributed by atoms with E-state index in [4.69, 9.17) is 10.5 Å². The van der Waals surface area contributed by atoms with Gasteiger partial charge in [0, 0.05) is 19.8 Å². The Morgan fingerprint density at radius 3 is 2.82 bits per heavy atom. The Morgan fingerprint density at radius 2 is 2.29 bits per heavy atom. The zero-order chi connectivity index (χ0) is 12.9. The monoisotopic (exact) mass is 264 g/mol. The summed E-state index contributed by atoms with van der Waals surface area (Å²) in [4.78, 5) is 11.6. The molecule has 0 aromatic carbocycles. The minimum atomic E-state index is -2.96. The highest BCUT2D eigenvalue weighted by Crippen LogP contribution is 2.11. The van der Waals surface area contributed by atoms with Crippen LogP contribution < -0.4 is 11.1 Å². The van der Waals surface area contributed by atoms with E-state index < -0.39 is 15.9 Å². The van der Waals surface area contributed by atoms with Gasteiger partial charge in [-0.15, -0.1) is 0 Å². The maximum Gasteiger partial charge on any atom is 0.237 e. The van der Waals surface area contributed by atoms with Crippen LogP contribution >= 0.6 is 0 Å². The van der Waals surface area contributed by atoms with E-state index in [0.717, 1.165) is 0 Å². The van der Waals surface area contributed by atoms with Gasteiger partial charge in [0.05, 0.1) is 17.5 Å². The van der Waals surface area contributed by atoms with Crippen LogP contribution in [0.1, 0.15) is 19.3 Å². The smallest absolute Gasteiger partial charge is 0.237 e. The van der Waals surface area contributed by atoms with E-state index in [1.54, 1.807) is 7.11 Å². The number of hydrogen-bond donors (Lipinski definition) is 2. The number of sulfone groups is 1. The Morgan fingerprint density at radius 1 is 1.59 bits per heavy atom. The molecule has 1 heterocycles. The number of carbonyl (C=O) groups excluding carboxylic acids is 1. The maximum atomic E-state index is 11.6. The van der Waals surface area contributed by atoms with Gasteiger partial charge in [-0.1, -0.05) is 0 Å². The molecule has 17 heavy (non-hydrogen) atoms. The largest absolute Gasteiger partial charge is 0.385 e. The van der Waals surface area contributed by atoms with E-state index in [1.807, 2.05) is 0 Å². The molecule has 6 nitrogen and oxygen atoms in total. The van der Waals surface area contributed by atoms with Crippen molar-refractivity contribution in [1.29, 1.82) is 0 Å². The number of rotatable bonds is 6. The molecule has 0 aromatic heterocycles. The van der Waals surface area contributed by atoms with Crippen LogP contribution in [0.3, 0.4) is 0 Å². The second kappa shape index (κ2) is 6.32. The lowest BCUT2D eigenvalue weighted by Gasteiger charge is -2.15. The summed E-state index contributed by atoms with van der Waals surface area (Å²) in [5, 5.41) is 2.68. The van der Waals surface area contributed by atoms with E-state index >= 15 is 0 Å². The fourth-order valence-electron chi connectivity index (χ4n) is 1.80. The Balaban J connectivity index is 2.29. The highest BCUT2D eigenvalue weighted by Gasteiger charge is 2.29. The zero-order valence-electron chi connectivity index (χ0n) is 10.0. The molecule has 7 heteroatoms. The minimum absolute atomic E-state index is 0.0313. The van der Waals surface area contributed by atoms with Crippen LogP contribution in [-0.4, -0.2) is 51.6 Å². The summed E-state index contributed by atoms with van der Waals surface area (Å²) in [6.45, 7) is 0.568. The van der Waals surface area contributed by atoms with Gasteiger partial charge in [-0.3, -0.25) is 4.79 Å². The van der Waals surface area contributed by atoms with E-state index in [-0.39, 0.29) is 23.5 Å². The second-order valence-corrected chi connectivity index (χ2v) is 6.58. The molecule has 1 rings (SSSR count). The molecule has 2 unspecified atom stereocenters. The Hall–Kier alpha value is -0.660. The Kier molecular flexibility index (Phi) is 5.35. The maximum absolute atomic E-state index is 11.6. The SMILES string of the molecule is COCCCC(N)C(=O)NC1CCS(=O)(=O)C1. The average Bonchev–Trinajstić information content (AvgIpc) is 2.58. The van der Waals surface area contributed by atoms with E-state index in [1.165, 1.54) is 0 Å². The summed E-state index contributed by atoms with van der Waals surface area (Å²) in [7, 11) is -1.37. The van der Waals surface area contributed by atoms with Crippen molar-refractivity contribution in [2.45, 2.75) is 31.3 Å². The average molecular weight is 264 g/mol.